The van der Waals surface area contributed by atoms with Crippen LogP contribution in [0.15, 0.2) is 18.2 Å². The maximum Gasteiger partial charge on any atom is 0.305 e. The lowest BCUT2D eigenvalue weighted by molar-refractivity contribution is -0.348. The highest BCUT2D eigenvalue weighted by Gasteiger charge is 2.51. The fraction of sp³-hybridized carbons (Fsp3) is 0.724. The Bertz CT molecular complexity index is 1080. The standard InChI is InChI=1S/C29H44FNO14/c1-41-20(35)8-6-4-2-3-5-7-11-42-28-21(31-27(40)16-12-15(30)9-10-17(16)34)23(37)26(19(14-33)44-28)45-29-25(39)24(38)22(36)18(13-32)43-29/h9-10,12,18-19,21-26,28-29,32-34,36-39H,2-8,11,13-14H2,1H3,(H,31,40)/t18?,19?,21?,22-,23?,24?,25?,26+,28+,29?/m0/s1. The Hall–Kier alpha value is -2.51. The van der Waals surface area contributed by atoms with E-state index in [0.29, 0.717) is 19.3 Å². The molecule has 10 atom stereocenters. The molecule has 0 aliphatic carbocycles. The van der Waals surface area contributed by atoms with Gasteiger partial charge in [0.1, 0.15) is 60.3 Å². The van der Waals surface area contributed by atoms with Gasteiger partial charge in [0.2, 0.25) is 0 Å². The van der Waals surface area contributed by atoms with Gasteiger partial charge in [0, 0.05) is 13.0 Å². The summed E-state index contributed by atoms with van der Waals surface area (Å²) in [6.07, 6.45) is -9.23. The molecule has 0 radical (unpaired) electrons. The Kier molecular flexibility index (Phi) is 14.8. The van der Waals surface area contributed by atoms with Crippen molar-refractivity contribution >= 4 is 11.9 Å². The summed E-state index contributed by atoms with van der Waals surface area (Å²) in [4.78, 5) is 24.3. The van der Waals surface area contributed by atoms with Crippen molar-refractivity contribution in [3.63, 3.8) is 0 Å². The Morgan fingerprint density at radius 1 is 0.867 bits per heavy atom. The van der Waals surface area contributed by atoms with Gasteiger partial charge in [-0.05, 0) is 31.0 Å². The lowest BCUT2D eigenvalue weighted by Gasteiger charge is -2.47. The molecule has 1 aromatic rings. The molecule has 256 valence electrons. The number of carbonyl (C=O) groups is 2. The number of phenolic OH excluding ortho intramolecular Hbond substituents is 1. The molecule has 3 rings (SSSR count). The van der Waals surface area contributed by atoms with Crippen LogP contribution in [0.2, 0.25) is 0 Å². The highest BCUT2D eigenvalue weighted by molar-refractivity contribution is 5.97. The number of phenols is 1. The van der Waals surface area contributed by atoms with E-state index in [1.54, 1.807) is 0 Å². The first-order valence-electron chi connectivity index (χ1n) is 14.9. The van der Waals surface area contributed by atoms with Gasteiger partial charge in [-0.3, -0.25) is 9.59 Å². The summed E-state index contributed by atoms with van der Waals surface area (Å²) in [5.74, 6) is -2.59. The highest BCUT2D eigenvalue weighted by Crippen LogP contribution is 2.30. The van der Waals surface area contributed by atoms with Crippen LogP contribution < -0.4 is 5.32 Å². The number of nitrogens with one attached hydrogen (secondary N) is 1. The zero-order valence-electron chi connectivity index (χ0n) is 24.9. The maximum atomic E-state index is 13.9. The number of hydrogen-bond donors (Lipinski definition) is 8. The van der Waals surface area contributed by atoms with Crippen molar-refractivity contribution in [1.29, 1.82) is 0 Å². The molecule has 45 heavy (non-hydrogen) atoms. The molecule has 0 aromatic heterocycles. The van der Waals surface area contributed by atoms with E-state index in [4.69, 9.17) is 18.9 Å². The summed E-state index contributed by atoms with van der Waals surface area (Å²) in [5, 5.41) is 74.1. The quantitative estimate of drug-likeness (QED) is 0.0778. The zero-order chi connectivity index (χ0) is 33.1. The van der Waals surface area contributed by atoms with E-state index in [1.807, 2.05) is 0 Å². The molecule has 1 amide bonds. The number of unbranched alkanes of at least 4 members (excludes halogenated alkanes) is 5. The van der Waals surface area contributed by atoms with Crippen molar-refractivity contribution < 1.29 is 73.4 Å². The number of esters is 1. The average Bonchev–Trinajstić information content (AvgIpc) is 3.03. The largest absolute Gasteiger partial charge is 0.507 e. The van der Waals surface area contributed by atoms with Gasteiger partial charge in [-0.2, -0.15) is 0 Å². The topological polar surface area (TPSA) is 234 Å². The van der Waals surface area contributed by atoms with Crippen LogP contribution in [0.3, 0.4) is 0 Å². The van der Waals surface area contributed by atoms with E-state index >= 15 is 0 Å². The Morgan fingerprint density at radius 2 is 1.51 bits per heavy atom. The first kappa shape index (κ1) is 37.0. The minimum absolute atomic E-state index is 0.119. The van der Waals surface area contributed by atoms with Crippen LogP contribution in [-0.4, -0.2) is 136 Å². The first-order valence-corrected chi connectivity index (χ1v) is 14.9. The van der Waals surface area contributed by atoms with E-state index in [0.717, 1.165) is 43.9 Å². The van der Waals surface area contributed by atoms with Crippen molar-refractivity contribution in [2.24, 2.45) is 0 Å². The van der Waals surface area contributed by atoms with E-state index in [2.05, 4.69) is 10.1 Å². The summed E-state index contributed by atoms with van der Waals surface area (Å²) in [6, 6.07) is 1.30. The summed E-state index contributed by atoms with van der Waals surface area (Å²) in [5.41, 5.74) is -0.441. The van der Waals surface area contributed by atoms with Gasteiger partial charge in [0.05, 0.1) is 25.9 Å². The van der Waals surface area contributed by atoms with E-state index < -0.39 is 97.6 Å². The SMILES string of the molecule is COC(=O)CCCCCCCCO[C@@H]1OC(CO)[C@@H](OC2OC(CO)[C@H](O)C(O)C2O)C(O)C1NC(=O)c1cc(F)ccc1O. The fourth-order valence-electron chi connectivity index (χ4n) is 5.17. The van der Waals surface area contributed by atoms with E-state index in [-0.39, 0.29) is 12.6 Å². The van der Waals surface area contributed by atoms with Gasteiger partial charge in [-0.25, -0.2) is 4.39 Å². The predicted molar refractivity (Wildman–Crippen MR) is 150 cm³/mol. The van der Waals surface area contributed by atoms with Gasteiger partial charge < -0.3 is 64.7 Å². The lowest BCUT2D eigenvalue weighted by Crippen LogP contribution is -2.67. The third-order valence-electron chi connectivity index (χ3n) is 7.78. The van der Waals surface area contributed by atoms with Gasteiger partial charge >= 0.3 is 5.97 Å². The second kappa shape index (κ2) is 18.0. The fourth-order valence-corrected chi connectivity index (χ4v) is 5.17. The molecule has 0 saturated carbocycles. The van der Waals surface area contributed by atoms with Gasteiger partial charge in [0.15, 0.2) is 12.6 Å². The number of amides is 1. The van der Waals surface area contributed by atoms with Crippen molar-refractivity contribution in [3.8, 4) is 5.75 Å². The van der Waals surface area contributed by atoms with Gasteiger partial charge in [-0.1, -0.05) is 25.7 Å². The summed E-state index contributed by atoms with van der Waals surface area (Å²) in [7, 11) is 1.34. The average molecular weight is 650 g/mol. The number of benzene rings is 1. The molecule has 15 nitrogen and oxygen atoms in total. The molecule has 2 fully saturated rings. The molecule has 2 heterocycles. The molecule has 7 unspecified atom stereocenters. The Morgan fingerprint density at radius 3 is 2.18 bits per heavy atom. The smallest absolute Gasteiger partial charge is 0.305 e. The number of halogens is 1. The number of methoxy groups -OCH3 is 1. The molecule has 2 aliphatic heterocycles. The van der Waals surface area contributed by atoms with E-state index in [1.165, 1.54) is 7.11 Å². The number of rotatable bonds is 16. The molecule has 16 heteroatoms. The van der Waals surface area contributed by atoms with Crippen molar-refractivity contribution in [3.05, 3.63) is 29.6 Å². The molecule has 8 N–H and O–H groups in total. The zero-order valence-corrected chi connectivity index (χ0v) is 24.9. The minimum Gasteiger partial charge on any atom is -0.507 e. The molecule has 0 bridgehead atoms. The second-order valence-corrected chi connectivity index (χ2v) is 11.0. The number of aliphatic hydroxyl groups excluding tert-OH is 6. The highest BCUT2D eigenvalue weighted by atomic mass is 19.1. The normalized spacial score (nSPS) is 31.8. The number of aromatic hydroxyl groups is 1. The molecule has 2 saturated heterocycles. The van der Waals surface area contributed by atoms with Crippen LogP contribution in [0.5, 0.6) is 5.75 Å². The van der Waals surface area contributed by atoms with Crippen LogP contribution >= 0.6 is 0 Å². The number of hydrogen-bond acceptors (Lipinski definition) is 14. The first-order chi connectivity index (χ1) is 21.5. The third-order valence-corrected chi connectivity index (χ3v) is 7.78. The van der Waals surface area contributed by atoms with Crippen LogP contribution in [0.4, 0.5) is 4.39 Å². The lowest BCUT2D eigenvalue weighted by atomic mass is 9.95. The summed E-state index contributed by atoms with van der Waals surface area (Å²) in [6.45, 7) is -1.35. The minimum atomic E-state index is -1.83. The van der Waals surface area contributed by atoms with E-state index in [9.17, 15) is 49.7 Å². The van der Waals surface area contributed by atoms with Crippen molar-refractivity contribution in [2.45, 2.75) is 106 Å². The third kappa shape index (κ3) is 9.99. The molecule has 2 aliphatic rings. The number of carbonyl (C=O) groups excluding carboxylic acids is 2. The number of aliphatic hydroxyl groups is 6. The predicted octanol–water partition coefficient (Wildman–Crippen LogP) is -1.19. The molecule has 0 spiro atoms. The molecule has 1 aromatic carbocycles. The van der Waals surface area contributed by atoms with Crippen molar-refractivity contribution in [2.75, 3.05) is 26.9 Å². The van der Waals surface area contributed by atoms with Crippen LogP contribution in [0, 0.1) is 5.82 Å². The number of ether oxygens (including phenoxy) is 5. The van der Waals surface area contributed by atoms with Gasteiger partial charge in [-0.15, -0.1) is 0 Å². The maximum absolute atomic E-state index is 13.9. The van der Waals surface area contributed by atoms with Crippen LogP contribution in [-0.2, 0) is 28.5 Å². The molecular weight excluding hydrogens is 605 g/mol. The second-order valence-electron chi connectivity index (χ2n) is 11.0. The summed E-state index contributed by atoms with van der Waals surface area (Å²) >= 11 is 0. The van der Waals surface area contributed by atoms with Crippen molar-refractivity contribution in [1.82, 2.24) is 5.32 Å². The van der Waals surface area contributed by atoms with Crippen LogP contribution in [0.25, 0.3) is 0 Å². The summed E-state index contributed by atoms with van der Waals surface area (Å²) < 4.78 is 41.2. The van der Waals surface area contributed by atoms with Gasteiger partial charge in [0.25, 0.3) is 5.91 Å². The Labute approximate surface area is 259 Å². The Balaban J connectivity index is 1.69. The monoisotopic (exact) mass is 649 g/mol. The molecular formula is C29H44FNO14. The van der Waals surface area contributed by atoms with Crippen LogP contribution in [0.1, 0.15) is 55.3 Å².